The minimum absolute atomic E-state index is 0.0811. The van der Waals surface area contributed by atoms with Crippen LogP contribution in [0.25, 0.3) is 0 Å². The minimum atomic E-state index is -0.853. The molecule has 26 heavy (non-hydrogen) atoms. The first-order valence-corrected chi connectivity index (χ1v) is 8.53. The van der Waals surface area contributed by atoms with E-state index in [9.17, 15) is 13.6 Å². The van der Waals surface area contributed by atoms with Crippen molar-refractivity contribution in [2.75, 3.05) is 0 Å². The summed E-state index contributed by atoms with van der Waals surface area (Å²) in [6.07, 6.45) is 0.614. The fourth-order valence-corrected chi connectivity index (χ4v) is 3.65. The van der Waals surface area contributed by atoms with Gasteiger partial charge >= 0.3 is 0 Å². The lowest BCUT2D eigenvalue weighted by molar-refractivity contribution is 0.0936. The van der Waals surface area contributed by atoms with E-state index in [0.717, 1.165) is 17.2 Å². The quantitative estimate of drug-likeness (QED) is 0.710. The molecule has 0 fully saturated rings. The highest BCUT2D eigenvalue weighted by Crippen LogP contribution is 2.44. The lowest BCUT2D eigenvalue weighted by Gasteiger charge is -2.15. The van der Waals surface area contributed by atoms with Crippen LogP contribution < -0.4 is 5.32 Å². The number of nitrogens with one attached hydrogen (secondary N) is 1. The monoisotopic (exact) mass is 349 g/mol. The summed E-state index contributed by atoms with van der Waals surface area (Å²) in [5.41, 5.74) is 3.37. The predicted octanol–water partition coefficient (Wildman–Crippen LogP) is 4.97. The van der Waals surface area contributed by atoms with Crippen molar-refractivity contribution in [3.63, 3.8) is 0 Å². The van der Waals surface area contributed by atoms with Crippen LogP contribution in [0.2, 0.25) is 0 Å². The molecule has 0 spiro atoms. The van der Waals surface area contributed by atoms with Crippen LogP contribution in [0.3, 0.4) is 0 Å². The fourth-order valence-electron chi connectivity index (χ4n) is 3.65. The molecule has 4 heteroatoms. The van der Waals surface area contributed by atoms with Gasteiger partial charge in [-0.05, 0) is 47.4 Å². The zero-order valence-corrected chi connectivity index (χ0v) is 14.0. The Balaban J connectivity index is 1.64. The largest absolute Gasteiger partial charge is 0.345 e. The number of carbonyl (C=O) groups is 1. The molecule has 0 heterocycles. The first-order valence-electron chi connectivity index (χ1n) is 8.53. The van der Waals surface area contributed by atoms with Gasteiger partial charge in [0, 0.05) is 11.5 Å². The van der Waals surface area contributed by atoms with Crippen LogP contribution in [0.5, 0.6) is 0 Å². The Morgan fingerprint density at radius 1 is 0.846 bits per heavy atom. The van der Waals surface area contributed by atoms with Gasteiger partial charge in [-0.25, -0.2) is 8.78 Å². The summed E-state index contributed by atoms with van der Waals surface area (Å²) in [6, 6.07) is 20.7. The highest BCUT2D eigenvalue weighted by molar-refractivity contribution is 5.94. The molecule has 4 rings (SSSR count). The van der Waals surface area contributed by atoms with Gasteiger partial charge in [-0.3, -0.25) is 4.79 Å². The topological polar surface area (TPSA) is 29.1 Å². The third kappa shape index (κ3) is 2.99. The van der Waals surface area contributed by atoms with E-state index in [4.69, 9.17) is 0 Å². The van der Waals surface area contributed by atoms with Gasteiger partial charge in [-0.15, -0.1) is 0 Å². The maximum atomic E-state index is 13.7. The van der Waals surface area contributed by atoms with E-state index in [2.05, 4.69) is 5.32 Å². The van der Waals surface area contributed by atoms with Crippen molar-refractivity contribution in [3.8, 4) is 0 Å². The Labute approximate surface area is 150 Å². The zero-order chi connectivity index (χ0) is 18.1. The number of rotatable bonds is 3. The van der Waals surface area contributed by atoms with Gasteiger partial charge < -0.3 is 5.32 Å². The predicted molar refractivity (Wildman–Crippen MR) is 95.9 cm³/mol. The van der Waals surface area contributed by atoms with Crippen LogP contribution in [0, 0.1) is 11.6 Å². The number of carbonyl (C=O) groups excluding carboxylic acids is 1. The number of halogens is 2. The van der Waals surface area contributed by atoms with Crippen molar-refractivity contribution in [2.45, 2.75) is 18.4 Å². The Morgan fingerprint density at radius 3 is 2.27 bits per heavy atom. The Bertz CT molecular complexity index is 955. The molecule has 2 atom stereocenters. The summed E-state index contributed by atoms with van der Waals surface area (Å²) in [5.74, 6) is -1.93. The van der Waals surface area contributed by atoms with E-state index < -0.39 is 11.6 Å². The second kappa shape index (κ2) is 6.71. The Hall–Kier alpha value is -3.01. The number of amides is 1. The number of benzene rings is 3. The Kier molecular flexibility index (Phi) is 4.25. The van der Waals surface area contributed by atoms with Crippen molar-refractivity contribution in [2.24, 2.45) is 0 Å². The van der Waals surface area contributed by atoms with Crippen LogP contribution in [-0.4, -0.2) is 5.91 Å². The van der Waals surface area contributed by atoms with E-state index >= 15 is 0 Å². The van der Waals surface area contributed by atoms with Gasteiger partial charge in [0.15, 0.2) is 11.6 Å². The highest BCUT2D eigenvalue weighted by Gasteiger charge is 2.33. The van der Waals surface area contributed by atoms with E-state index in [1.165, 1.54) is 6.07 Å². The number of hydrogen-bond acceptors (Lipinski definition) is 1. The van der Waals surface area contributed by atoms with Crippen LogP contribution in [0.1, 0.15) is 45.4 Å². The van der Waals surface area contributed by atoms with Gasteiger partial charge in [0.25, 0.3) is 5.91 Å². The molecule has 0 aromatic heterocycles. The average Bonchev–Trinajstić information content (AvgIpc) is 3.03. The molecule has 0 radical (unpaired) electrons. The van der Waals surface area contributed by atoms with Crippen molar-refractivity contribution in [1.82, 2.24) is 5.32 Å². The van der Waals surface area contributed by atoms with Crippen LogP contribution in [-0.2, 0) is 0 Å². The highest BCUT2D eigenvalue weighted by atomic mass is 19.2. The van der Waals surface area contributed by atoms with E-state index in [0.29, 0.717) is 17.5 Å². The van der Waals surface area contributed by atoms with Crippen molar-refractivity contribution in [3.05, 3.63) is 107 Å². The molecule has 0 aliphatic heterocycles. The lowest BCUT2D eigenvalue weighted by atomic mass is 9.93. The summed E-state index contributed by atoms with van der Waals surface area (Å²) in [6.45, 7) is 0. The lowest BCUT2D eigenvalue weighted by Crippen LogP contribution is -2.27. The number of fused-ring (bicyclic) bond motifs is 1. The molecule has 1 aliphatic carbocycles. The van der Waals surface area contributed by atoms with Crippen LogP contribution in [0.4, 0.5) is 8.78 Å². The van der Waals surface area contributed by atoms with Gasteiger partial charge in [0.05, 0.1) is 6.04 Å². The number of hydrogen-bond donors (Lipinski definition) is 1. The molecule has 1 aliphatic rings. The maximum Gasteiger partial charge on any atom is 0.251 e. The van der Waals surface area contributed by atoms with Crippen molar-refractivity contribution < 1.29 is 13.6 Å². The molecule has 0 saturated heterocycles. The molecule has 3 aromatic rings. The molecule has 0 bridgehead atoms. The summed E-state index contributed by atoms with van der Waals surface area (Å²) < 4.78 is 27.0. The summed E-state index contributed by atoms with van der Waals surface area (Å²) in [7, 11) is 0. The van der Waals surface area contributed by atoms with Crippen molar-refractivity contribution in [1.29, 1.82) is 0 Å². The molecule has 1 N–H and O–H groups in total. The van der Waals surface area contributed by atoms with Crippen molar-refractivity contribution >= 4 is 5.91 Å². The molecular weight excluding hydrogens is 332 g/mol. The van der Waals surface area contributed by atoms with Crippen LogP contribution in [0.15, 0.2) is 72.8 Å². The summed E-state index contributed by atoms with van der Waals surface area (Å²) in [4.78, 5) is 12.5. The van der Waals surface area contributed by atoms with Gasteiger partial charge in [-0.2, -0.15) is 0 Å². The fraction of sp³-hybridized carbons (Fsp3) is 0.136. The molecule has 0 saturated carbocycles. The van der Waals surface area contributed by atoms with Gasteiger partial charge in [0.1, 0.15) is 0 Å². The summed E-state index contributed by atoms with van der Waals surface area (Å²) in [5, 5.41) is 3.07. The Morgan fingerprint density at radius 2 is 1.54 bits per heavy atom. The molecule has 1 amide bonds. The smallest absolute Gasteiger partial charge is 0.251 e. The van der Waals surface area contributed by atoms with Gasteiger partial charge in [-0.1, -0.05) is 48.5 Å². The van der Waals surface area contributed by atoms with E-state index in [-0.39, 0.29) is 17.9 Å². The molecular formula is C22H17F2NO. The molecule has 0 unspecified atom stereocenters. The SMILES string of the molecule is O=C(N[C@@H]1C[C@@H](c2ccc(F)c(F)c2)c2ccccc21)c1ccccc1. The summed E-state index contributed by atoms with van der Waals surface area (Å²) >= 11 is 0. The third-order valence-electron chi connectivity index (χ3n) is 4.91. The van der Waals surface area contributed by atoms with Crippen LogP contribution >= 0.6 is 0 Å². The van der Waals surface area contributed by atoms with Gasteiger partial charge in [0.2, 0.25) is 0 Å². The van der Waals surface area contributed by atoms with E-state index in [1.807, 2.05) is 42.5 Å². The maximum absolute atomic E-state index is 13.7. The second-order valence-electron chi connectivity index (χ2n) is 6.48. The minimum Gasteiger partial charge on any atom is -0.345 e. The molecule has 2 nitrogen and oxygen atoms in total. The first-order chi connectivity index (χ1) is 12.6. The standard InChI is InChI=1S/C22H17F2NO/c23-19-11-10-15(12-20(19)24)18-13-21(17-9-5-4-8-16(17)18)25-22(26)14-6-2-1-3-7-14/h1-12,18,21H,13H2,(H,25,26)/t18-,21+/m0/s1. The third-order valence-corrected chi connectivity index (χ3v) is 4.91. The first kappa shape index (κ1) is 16.5. The zero-order valence-electron chi connectivity index (χ0n) is 14.0. The molecule has 130 valence electrons. The molecule has 3 aromatic carbocycles. The van der Waals surface area contributed by atoms with E-state index in [1.54, 1.807) is 18.2 Å². The average molecular weight is 349 g/mol. The second-order valence-corrected chi connectivity index (χ2v) is 6.48. The normalized spacial score (nSPS) is 18.4.